The van der Waals surface area contributed by atoms with Crippen LogP contribution in [-0.2, 0) is 14.4 Å². The molecule has 3 amide bonds. The maximum atomic E-state index is 13.8. The minimum absolute atomic E-state index is 0.155. The van der Waals surface area contributed by atoms with Crippen LogP contribution in [0.3, 0.4) is 0 Å². The number of ether oxygens (including phenoxy) is 1. The van der Waals surface area contributed by atoms with Crippen LogP contribution in [0.15, 0.2) is 88.7 Å². The maximum Gasteiger partial charge on any atom is 0.305 e. The predicted octanol–water partition coefficient (Wildman–Crippen LogP) is 4.16. The second-order valence-electron chi connectivity index (χ2n) is 9.31. The molecule has 0 spiro atoms. The molecule has 2 aliphatic rings. The quantitative estimate of drug-likeness (QED) is 0.186. The van der Waals surface area contributed by atoms with Crippen LogP contribution in [0.5, 0.6) is 5.75 Å². The fourth-order valence-electron chi connectivity index (χ4n) is 4.99. The minimum atomic E-state index is -0.801. The molecule has 0 aliphatic carbocycles. The molecular weight excluding hydrogens is 568 g/mol. The number of non-ortho nitro benzene ring substituents is 1. The smallest absolute Gasteiger partial charge is 0.305 e. The number of carbonyl (C=O) groups excluding carboxylic acids is 3. The Kier molecular flexibility index (Phi) is 6.89. The third kappa shape index (κ3) is 5.00. The van der Waals surface area contributed by atoms with Crippen molar-refractivity contribution in [2.75, 3.05) is 16.8 Å². The summed E-state index contributed by atoms with van der Waals surface area (Å²) in [7, 11) is 0. The molecule has 6 rings (SSSR count). The fraction of sp³-hybridized carbons (Fsp3) is 0.143. The van der Waals surface area contributed by atoms with Crippen LogP contribution in [0.2, 0.25) is 0 Å². The molecular formula is C28H20N4O7S2. The lowest BCUT2D eigenvalue weighted by atomic mass is 9.83. The summed E-state index contributed by atoms with van der Waals surface area (Å²) < 4.78 is 5.64. The second kappa shape index (κ2) is 10.7. The average Bonchev–Trinajstić information content (AvgIpc) is 3.47. The van der Waals surface area contributed by atoms with E-state index in [-0.39, 0.29) is 28.8 Å². The van der Waals surface area contributed by atoms with Gasteiger partial charge in [0.1, 0.15) is 11.0 Å². The number of amides is 3. The zero-order chi connectivity index (χ0) is 28.7. The van der Waals surface area contributed by atoms with Crippen molar-refractivity contribution in [3.8, 4) is 5.75 Å². The second-order valence-corrected chi connectivity index (χ2v) is 11.5. The van der Waals surface area contributed by atoms with Crippen molar-refractivity contribution in [3.63, 3.8) is 0 Å². The molecule has 0 unspecified atom stereocenters. The van der Waals surface area contributed by atoms with E-state index in [0.29, 0.717) is 26.9 Å². The monoisotopic (exact) mass is 588 g/mol. The normalized spacial score (nSPS) is 19.4. The van der Waals surface area contributed by atoms with Crippen molar-refractivity contribution in [2.24, 2.45) is 5.92 Å². The van der Waals surface area contributed by atoms with Crippen molar-refractivity contribution in [3.05, 3.63) is 109 Å². The van der Waals surface area contributed by atoms with Gasteiger partial charge in [0.2, 0.25) is 11.8 Å². The first-order valence-electron chi connectivity index (χ1n) is 12.4. The van der Waals surface area contributed by atoms with Crippen LogP contribution in [0.25, 0.3) is 0 Å². The largest absolute Gasteiger partial charge is 0.484 e. The summed E-state index contributed by atoms with van der Waals surface area (Å²) in [6.45, 7) is -0.209. The van der Waals surface area contributed by atoms with E-state index in [4.69, 9.17) is 4.74 Å². The Balaban J connectivity index is 1.25. The number of aromatic amines is 1. The van der Waals surface area contributed by atoms with Crippen molar-refractivity contribution in [1.82, 2.24) is 4.98 Å². The van der Waals surface area contributed by atoms with E-state index in [2.05, 4.69) is 10.3 Å². The third-order valence-corrected chi connectivity index (χ3v) is 9.21. The molecule has 3 aromatic carbocycles. The van der Waals surface area contributed by atoms with Gasteiger partial charge in [-0.25, -0.2) is 4.90 Å². The number of para-hydroxylation sites is 1. The molecule has 1 fully saturated rings. The highest BCUT2D eigenvalue weighted by molar-refractivity contribution is 8.00. The summed E-state index contributed by atoms with van der Waals surface area (Å²) >= 11 is 2.14. The summed E-state index contributed by atoms with van der Waals surface area (Å²) in [6, 6.07) is 21.1. The van der Waals surface area contributed by atoms with Gasteiger partial charge in [0.15, 0.2) is 6.61 Å². The summed E-state index contributed by atoms with van der Waals surface area (Å²) in [5.41, 5.74) is 1.44. The van der Waals surface area contributed by atoms with Gasteiger partial charge >= 0.3 is 4.87 Å². The van der Waals surface area contributed by atoms with Gasteiger partial charge in [-0.15, -0.1) is 0 Å². The third-order valence-electron chi connectivity index (χ3n) is 6.81. The van der Waals surface area contributed by atoms with Gasteiger partial charge in [0.05, 0.1) is 21.6 Å². The molecule has 0 saturated carbocycles. The van der Waals surface area contributed by atoms with Gasteiger partial charge in [-0.2, -0.15) is 0 Å². The van der Waals surface area contributed by atoms with Crippen molar-refractivity contribution in [1.29, 1.82) is 0 Å². The molecule has 0 radical (unpaired) electrons. The van der Waals surface area contributed by atoms with Crippen LogP contribution in [-0.4, -0.2) is 39.5 Å². The van der Waals surface area contributed by atoms with E-state index in [1.165, 1.54) is 24.3 Å². The molecule has 11 nitrogen and oxygen atoms in total. The Morgan fingerprint density at radius 2 is 1.68 bits per heavy atom. The van der Waals surface area contributed by atoms with Gasteiger partial charge in [-0.05, 0) is 42.0 Å². The molecule has 1 saturated heterocycles. The SMILES string of the molecule is O=C(COc1ccc([C@@H]2c3sc(=O)[nH]c3S[C@H]3C(=O)N(c4ccc([N+](=O)[O-])cc4)C(=O)[C@@H]23)cc1)Nc1ccccc1. The zero-order valence-electron chi connectivity index (χ0n) is 21.0. The van der Waals surface area contributed by atoms with Crippen molar-refractivity contribution < 1.29 is 24.0 Å². The van der Waals surface area contributed by atoms with Crippen LogP contribution < -0.4 is 19.8 Å². The number of rotatable bonds is 7. The minimum Gasteiger partial charge on any atom is -0.484 e. The first-order chi connectivity index (χ1) is 19.8. The van der Waals surface area contributed by atoms with E-state index in [1.807, 2.05) is 18.2 Å². The number of imide groups is 1. The summed E-state index contributed by atoms with van der Waals surface area (Å²) in [4.78, 5) is 66.5. The lowest BCUT2D eigenvalue weighted by Crippen LogP contribution is -2.32. The Bertz CT molecular complexity index is 1720. The number of nitrogens with zero attached hydrogens (tertiary/aromatic N) is 2. The summed E-state index contributed by atoms with van der Waals surface area (Å²) in [5.74, 6) is -2.18. The van der Waals surface area contributed by atoms with Crippen LogP contribution in [0.4, 0.5) is 17.1 Å². The topological polar surface area (TPSA) is 152 Å². The molecule has 41 heavy (non-hydrogen) atoms. The first kappa shape index (κ1) is 26.5. The zero-order valence-corrected chi connectivity index (χ0v) is 22.6. The van der Waals surface area contributed by atoms with E-state index in [0.717, 1.165) is 28.0 Å². The number of nitro benzene ring substituents is 1. The number of carbonyl (C=O) groups is 3. The molecule has 13 heteroatoms. The molecule has 1 aromatic heterocycles. The maximum absolute atomic E-state index is 13.8. The highest BCUT2D eigenvalue weighted by Gasteiger charge is 2.56. The fourth-order valence-corrected chi connectivity index (χ4v) is 7.51. The van der Waals surface area contributed by atoms with E-state index >= 15 is 0 Å². The molecule has 2 N–H and O–H groups in total. The number of hydrogen-bond donors (Lipinski definition) is 2. The Labute approximate surface area is 240 Å². The number of thiazole rings is 1. The standard InChI is InChI=1S/C28H20N4O7S2/c33-20(29-16-4-2-1-3-5-16)14-39-19-12-6-15(7-13-19)21-22-24(40-25-23(21)41-28(36)30-25)27(35)31(26(22)34)17-8-10-18(11-9-17)32(37)38/h1-13,21-22,24H,14H2,(H,29,33)(H,30,36)/t21-,22-,24+/m0/s1. The van der Waals surface area contributed by atoms with E-state index < -0.39 is 33.8 Å². The lowest BCUT2D eigenvalue weighted by molar-refractivity contribution is -0.384. The summed E-state index contributed by atoms with van der Waals surface area (Å²) in [6.07, 6.45) is 0. The molecule has 3 heterocycles. The number of aromatic nitrogens is 1. The van der Waals surface area contributed by atoms with E-state index in [1.54, 1.807) is 36.4 Å². The summed E-state index contributed by atoms with van der Waals surface area (Å²) in [5, 5.41) is 13.5. The number of H-pyrrole nitrogens is 1. The molecule has 206 valence electrons. The average molecular weight is 589 g/mol. The predicted molar refractivity (Wildman–Crippen MR) is 153 cm³/mol. The molecule has 2 aliphatic heterocycles. The molecule has 4 aromatic rings. The number of hydrogen-bond acceptors (Lipinski definition) is 9. The van der Waals surface area contributed by atoms with Crippen molar-refractivity contribution >= 4 is 57.9 Å². The number of nitro groups is 1. The Morgan fingerprint density at radius 3 is 2.37 bits per heavy atom. The van der Waals surface area contributed by atoms with Crippen LogP contribution in [0.1, 0.15) is 16.4 Å². The number of thioether (sulfide) groups is 1. The van der Waals surface area contributed by atoms with Crippen molar-refractivity contribution in [2.45, 2.75) is 16.2 Å². The van der Waals surface area contributed by atoms with E-state index in [9.17, 15) is 29.3 Å². The first-order valence-corrected chi connectivity index (χ1v) is 14.1. The van der Waals surface area contributed by atoms with Crippen LogP contribution >= 0.6 is 23.1 Å². The van der Waals surface area contributed by atoms with Gasteiger partial charge in [-0.1, -0.05) is 53.4 Å². The Morgan fingerprint density at radius 1 is 0.976 bits per heavy atom. The number of nitrogens with one attached hydrogen (secondary N) is 2. The van der Waals surface area contributed by atoms with Gasteiger partial charge in [-0.3, -0.25) is 29.3 Å². The van der Waals surface area contributed by atoms with Gasteiger partial charge in [0, 0.05) is 28.6 Å². The highest BCUT2D eigenvalue weighted by atomic mass is 32.2. The Hall–Kier alpha value is -4.75. The molecule has 0 bridgehead atoms. The lowest BCUT2D eigenvalue weighted by Gasteiger charge is -2.29. The number of fused-ring (bicyclic) bond motifs is 2. The van der Waals surface area contributed by atoms with Gasteiger partial charge < -0.3 is 15.0 Å². The number of benzene rings is 3. The van der Waals surface area contributed by atoms with Gasteiger partial charge in [0.25, 0.3) is 11.6 Å². The molecule has 3 atom stereocenters. The number of anilines is 2. The van der Waals surface area contributed by atoms with Crippen LogP contribution in [0, 0.1) is 16.0 Å². The highest BCUT2D eigenvalue weighted by Crippen LogP contribution is 2.53.